The van der Waals surface area contributed by atoms with E-state index in [1.165, 1.54) is 12.8 Å². The maximum Gasteiger partial charge on any atom is 0.250 e. The number of nitrogens with zero attached hydrogens (tertiary/aromatic N) is 1. The summed E-state index contributed by atoms with van der Waals surface area (Å²) in [5.41, 5.74) is 1.13. The van der Waals surface area contributed by atoms with Crippen molar-refractivity contribution < 1.29 is 4.74 Å². The summed E-state index contributed by atoms with van der Waals surface area (Å²) in [6, 6.07) is 3.67. The molecule has 0 saturated carbocycles. The molecule has 0 aromatic carbocycles. The van der Waals surface area contributed by atoms with Gasteiger partial charge in [-0.15, -0.1) is 0 Å². The maximum atomic E-state index is 11.6. The second-order valence-electron chi connectivity index (χ2n) is 4.51. The summed E-state index contributed by atoms with van der Waals surface area (Å²) in [5, 5.41) is 0. The number of pyridine rings is 1. The van der Waals surface area contributed by atoms with Crippen molar-refractivity contribution in [3.8, 4) is 0 Å². The number of hydrogen-bond acceptors (Lipinski definition) is 2. The molecule has 1 fully saturated rings. The molecule has 1 saturated heterocycles. The Morgan fingerprint density at radius 1 is 1.56 bits per heavy atom. The van der Waals surface area contributed by atoms with Crippen molar-refractivity contribution >= 4 is 0 Å². The normalized spacial score (nSPS) is 20.2. The van der Waals surface area contributed by atoms with Crippen LogP contribution in [0.25, 0.3) is 0 Å². The summed E-state index contributed by atoms with van der Waals surface area (Å²) < 4.78 is 7.33. The van der Waals surface area contributed by atoms with Gasteiger partial charge in [-0.05, 0) is 44.2 Å². The van der Waals surface area contributed by atoms with E-state index in [0.29, 0.717) is 6.10 Å². The van der Waals surface area contributed by atoms with E-state index < -0.39 is 0 Å². The van der Waals surface area contributed by atoms with Gasteiger partial charge in [0.15, 0.2) is 0 Å². The molecule has 3 nitrogen and oxygen atoms in total. The third-order valence-corrected chi connectivity index (χ3v) is 3.10. The average Bonchev–Trinajstić information content (AvgIpc) is 2.74. The van der Waals surface area contributed by atoms with Crippen molar-refractivity contribution in [1.82, 2.24) is 4.57 Å². The third-order valence-electron chi connectivity index (χ3n) is 3.10. The topological polar surface area (TPSA) is 31.2 Å². The molecular weight excluding hydrogens is 202 g/mol. The molecule has 1 aromatic rings. The number of ether oxygens (including phenoxy) is 1. The molecule has 1 aliphatic rings. The minimum Gasteiger partial charge on any atom is -0.378 e. The van der Waals surface area contributed by atoms with E-state index in [4.69, 9.17) is 4.74 Å². The largest absolute Gasteiger partial charge is 0.378 e. The highest BCUT2D eigenvalue weighted by atomic mass is 16.5. The van der Waals surface area contributed by atoms with Crippen molar-refractivity contribution in [1.29, 1.82) is 0 Å². The monoisotopic (exact) mass is 221 g/mol. The number of aromatic nitrogens is 1. The highest BCUT2D eigenvalue weighted by Crippen LogP contribution is 2.16. The average molecular weight is 221 g/mol. The first-order valence-corrected chi connectivity index (χ1v) is 6.04. The molecule has 0 amide bonds. The van der Waals surface area contributed by atoms with Crippen molar-refractivity contribution in [3.05, 3.63) is 34.2 Å². The molecule has 1 unspecified atom stereocenters. The zero-order valence-corrected chi connectivity index (χ0v) is 9.82. The second-order valence-corrected chi connectivity index (χ2v) is 4.51. The van der Waals surface area contributed by atoms with Gasteiger partial charge < -0.3 is 9.30 Å². The molecule has 0 radical (unpaired) electrons. The summed E-state index contributed by atoms with van der Waals surface area (Å²) in [5.74, 6) is 0. The van der Waals surface area contributed by atoms with Crippen molar-refractivity contribution in [3.63, 3.8) is 0 Å². The predicted molar refractivity (Wildman–Crippen MR) is 63.6 cm³/mol. The maximum absolute atomic E-state index is 11.6. The van der Waals surface area contributed by atoms with Crippen LogP contribution in [0.2, 0.25) is 0 Å². The fraction of sp³-hybridized carbons (Fsp3) is 0.615. The highest BCUT2D eigenvalue weighted by molar-refractivity contribution is 5.07. The Hall–Kier alpha value is -1.09. The van der Waals surface area contributed by atoms with Gasteiger partial charge in [-0.3, -0.25) is 4.79 Å². The first kappa shape index (κ1) is 11.4. The van der Waals surface area contributed by atoms with E-state index in [1.807, 2.05) is 19.2 Å². The summed E-state index contributed by atoms with van der Waals surface area (Å²) in [6.07, 6.45) is 6.78. The van der Waals surface area contributed by atoms with E-state index >= 15 is 0 Å². The highest BCUT2D eigenvalue weighted by Gasteiger charge is 2.14. The van der Waals surface area contributed by atoms with Gasteiger partial charge in [0, 0.05) is 25.4 Å². The Kier molecular flexibility index (Phi) is 3.78. The van der Waals surface area contributed by atoms with Gasteiger partial charge in [-0.2, -0.15) is 0 Å². The molecule has 0 spiro atoms. The van der Waals surface area contributed by atoms with Crippen LogP contribution in [-0.4, -0.2) is 17.3 Å². The molecule has 16 heavy (non-hydrogen) atoms. The molecule has 3 heteroatoms. The number of rotatable bonds is 4. The van der Waals surface area contributed by atoms with E-state index in [2.05, 4.69) is 0 Å². The first-order valence-electron chi connectivity index (χ1n) is 6.04. The van der Waals surface area contributed by atoms with Gasteiger partial charge in [0.05, 0.1) is 6.10 Å². The Morgan fingerprint density at radius 3 is 3.12 bits per heavy atom. The van der Waals surface area contributed by atoms with Crippen LogP contribution in [0.15, 0.2) is 23.1 Å². The van der Waals surface area contributed by atoms with Gasteiger partial charge in [-0.25, -0.2) is 0 Å². The van der Waals surface area contributed by atoms with E-state index in [9.17, 15) is 4.79 Å². The fourth-order valence-electron chi connectivity index (χ4n) is 2.15. The molecule has 2 rings (SSSR count). The van der Waals surface area contributed by atoms with Crippen molar-refractivity contribution in [2.45, 2.75) is 45.3 Å². The quantitative estimate of drug-likeness (QED) is 0.779. The van der Waals surface area contributed by atoms with Crippen molar-refractivity contribution in [2.24, 2.45) is 0 Å². The zero-order valence-electron chi connectivity index (χ0n) is 9.82. The van der Waals surface area contributed by atoms with E-state index in [-0.39, 0.29) is 5.56 Å². The summed E-state index contributed by atoms with van der Waals surface area (Å²) in [7, 11) is 0. The SMILES string of the molecule is Cc1ccn(CCCC2CCCO2)c(=O)c1. The minimum absolute atomic E-state index is 0.104. The smallest absolute Gasteiger partial charge is 0.250 e. The summed E-state index contributed by atoms with van der Waals surface area (Å²) in [4.78, 5) is 11.6. The van der Waals surface area contributed by atoms with Crippen LogP contribution in [0, 0.1) is 6.92 Å². The molecule has 1 atom stereocenters. The van der Waals surface area contributed by atoms with Crippen LogP contribution < -0.4 is 5.56 Å². The lowest BCUT2D eigenvalue weighted by Crippen LogP contribution is -2.19. The summed E-state index contributed by atoms with van der Waals surface area (Å²) in [6.45, 7) is 3.66. The van der Waals surface area contributed by atoms with Crippen molar-refractivity contribution in [2.75, 3.05) is 6.61 Å². The standard InChI is InChI=1S/C13H19NO2/c1-11-6-8-14(13(15)10-11)7-2-4-12-5-3-9-16-12/h6,8,10,12H,2-5,7,9H2,1H3. The molecule has 1 aromatic heterocycles. The van der Waals surface area contributed by atoms with Crippen LogP contribution in [-0.2, 0) is 11.3 Å². The Labute approximate surface area is 96.0 Å². The van der Waals surface area contributed by atoms with E-state index in [1.54, 1.807) is 10.6 Å². The zero-order chi connectivity index (χ0) is 11.4. The molecule has 0 aliphatic carbocycles. The Bertz CT molecular complexity index is 391. The van der Waals surface area contributed by atoms with Gasteiger partial charge in [-0.1, -0.05) is 0 Å². The summed E-state index contributed by atoms with van der Waals surface area (Å²) >= 11 is 0. The molecular formula is C13H19NO2. The number of aryl methyl sites for hydroxylation is 2. The lowest BCUT2D eigenvalue weighted by atomic mass is 10.1. The van der Waals surface area contributed by atoms with Crippen LogP contribution in [0.1, 0.15) is 31.2 Å². The van der Waals surface area contributed by atoms with E-state index in [0.717, 1.165) is 31.6 Å². The van der Waals surface area contributed by atoms with Gasteiger partial charge >= 0.3 is 0 Å². The van der Waals surface area contributed by atoms with Crippen LogP contribution in [0.5, 0.6) is 0 Å². The fourth-order valence-corrected chi connectivity index (χ4v) is 2.15. The Balaban J connectivity index is 1.82. The second kappa shape index (κ2) is 5.30. The first-order chi connectivity index (χ1) is 7.75. The predicted octanol–water partition coefficient (Wildman–Crippen LogP) is 2.12. The van der Waals surface area contributed by atoms with Gasteiger partial charge in [0.2, 0.25) is 0 Å². The van der Waals surface area contributed by atoms with Gasteiger partial charge in [0.1, 0.15) is 0 Å². The molecule has 88 valence electrons. The lowest BCUT2D eigenvalue weighted by molar-refractivity contribution is 0.101. The molecule has 1 aliphatic heterocycles. The minimum atomic E-state index is 0.104. The van der Waals surface area contributed by atoms with Gasteiger partial charge in [0.25, 0.3) is 5.56 Å². The number of hydrogen-bond donors (Lipinski definition) is 0. The van der Waals surface area contributed by atoms with Crippen LogP contribution >= 0.6 is 0 Å². The van der Waals surface area contributed by atoms with Crippen LogP contribution in [0.4, 0.5) is 0 Å². The Morgan fingerprint density at radius 2 is 2.44 bits per heavy atom. The molecule has 2 heterocycles. The van der Waals surface area contributed by atoms with Crippen LogP contribution in [0.3, 0.4) is 0 Å². The molecule has 0 bridgehead atoms. The molecule has 0 N–H and O–H groups in total. The lowest BCUT2D eigenvalue weighted by Gasteiger charge is -2.10. The third kappa shape index (κ3) is 2.95.